The molecule has 0 saturated heterocycles. The van der Waals surface area contributed by atoms with Crippen LogP contribution in [0.25, 0.3) is 0 Å². The molecule has 2 rings (SSSR count). The molecule has 0 spiro atoms. The van der Waals surface area contributed by atoms with Gasteiger partial charge >= 0.3 is 0 Å². The first-order valence-electron chi connectivity index (χ1n) is 5.62. The van der Waals surface area contributed by atoms with E-state index in [-0.39, 0.29) is 22.4 Å². The van der Waals surface area contributed by atoms with E-state index in [9.17, 15) is 4.79 Å². The molecule has 0 fully saturated rings. The average Bonchev–Trinajstić information content (AvgIpc) is 2.42. The topological polar surface area (TPSA) is 119 Å². The van der Waals surface area contributed by atoms with Crippen LogP contribution in [0.2, 0.25) is 5.02 Å². The molecule has 0 radical (unpaired) electrons. The quantitative estimate of drug-likeness (QED) is 0.572. The van der Waals surface area contributed by atoms with Crippen LogP contribution in [0, 0.1) is 13.8 Å². The first-order chi connectivity index (χ1) is 9.51. The SMILES string of the molecule is Cc1nnc(NC(=O)c2cnc(NN)c(Cl)c2)nc1C. The number of carbonyl (C=O) groups is 1. The Morgan fingerprint density at radius 1 is 1.30 bits per heavy atom. The van der Waals surface area contributed by atoms with E-state index in [1.807, 2.05) is 0 Å². The second-order valence-electron chi connectivity index (χ2n) is 3.96. The molecule has 9 heteroatoms. The molecule has 2 aromatic heterocycles. The predicted molar refractivity (Wildman–Crippen MR) is 74.3 cm³/mol. The molecule has 0 aliphatic rings. The Bertz CT molecular complexity index is 661. The second-order valence-corrected chi connectivity index (χ2v) is 4.37. The zero-order valence-corrected chi connectivity index (χ0v) is 11.6. The van der Waals surface area contributed by atoms with Gasteiger partial charge in [-0.25, -0.2) is 15.8 Å². The van der Waals surface area contributed by atoms with Gasteiger partial charge in [0.05, 0.1) is 22.0 Å². The number of aryl methyl sites for hydroxylation is 2. The van der Waals surface area contributed by atoms with Gasteiger partial charge in [0.15, 0.2) is 5.82 Å². The molecule has 0 aliphatic heterocycles. The lowest BCUT2D eigenvalue weighted by Gasteiger charge is -2.06. The highest BCUT2D eigenvalue weighted by Gasteiger charge is 2.12. The molecular weight excluding hydrogens is 282 g/mol. The number of pyridine rings is 1. The third kappa shape index (κ3) is 2.98. The lowest BCUT2D eigenvalue weighted by molar-refractivity contribution is 0.102. The van der Waals surface area contributed by atoms with E-state index in [0.717, 1.165) is 0 Å². The molecule has 0 bridgehead atoms. The highest BCUT2D eigenvalue weighted by molar-refractivity contribution is 6.33. The summed E-state index contributed by atoms with van der Waals surface area (Å²) in [6.45, 7) is 3.56. The molecular formula is C11H12ClN7O. The maximum atomic E-state index is 12.0. The summed E-state index contributed by atoms with van der Waals surface area (Å²) in [5.41, 5.74) is 3.96. The number of nitrogen functional groups attached to an aromatic ring is 1. The number of hydrazine groups is 1. The van der Waals surface area contributed by atoms with Crippen molar-refractivity contribution in [3.63, 3.8) is 0 Å². The third-order valence-electron chi connectivity index (χ3n) is 2.56. The fraction of sp³-hybridized carbons (Fsp3) is 0.182. The number of amides is 1. The number of nitrogens with two attached hydrogens (primary N) is 1. The van der Waals surface area contributed by atoms with Crippen LogP contribution < -0.4 is 16.6 Å². The first kappa shape index (κ1) is 14.1. The van der Waals surface area contributed by atoms with Gasteiger partial charge in [0.25, 0.3) is 5.91 Å². The van der Waals surface area contributed by atoms with Crippen LogP contribution in [0.1, 0.15) is 21.7 Å². The molecule has 1 amide bonds. The van der Waals surface area contributed by atoms with Crippen molar-refractivity contribution in [1.82, 2.24) is 20.2 Å². The molecule has 4 N–H and O–H groups in total. The van der Waals surface area contributed by atoms with Crippen LogP contribution in [-0.2, 0) is 0 Å². The van der Waals surface area contributed by atoms with Crippen LogP contribution in [0.4, 0.5) is 11.8 Å². The van der Waals surface area contributed by atoms with Crippen molar-refractivity contribution in [3.05, 3.63) is 34.2 Å². The summed E-state index contributed by atoms with van der Waals surface area (Å²) in [6.07, 6.45) is 1.34. The number of rotatable bonds is 3. The van der Waals surface area contributed by atoms with Gasteiger partial charge in [-0.3, -0.25) is 10.1 Å². The highest BCUT2D eigenvalue weighted by Crippen LogP contribution is 2.19. The maximum absolute atomic E-state index is 12.0. The fourth-order valence-corrected chi connectivity index (χ4v) is 1.57. The normalized spacial score (nSPS) is 10.2. The van der Waals surface area contributed by atoms with Gasteiger partial charge in [-0.15, -0.1) is 5.10 Å². The zero-order chi connectivity index (χ0) is 14.7. The largest absolute Gasteiger partial charge is 0.307 e. The van der Waals surface area contributed by atoms with Crippen molar-refractivity contribution < 1.29 is 4.79 Å². The maximum Gasteiger partial charge on any atom is 0.259 e. The summed E-state index contributed by atoms with van der Waals surface area (Å²) in [5.74, 6) is 5.17. The van der Waals surface area contributed by atoms with Crippen LogP contribution in [0.15, 0.2) is 12.3 Å². The Morgan fingerprint density at radius 3 is 2.65 bits per heavy atom. The van der Waals surface area contributed by atoms with Gasteiger partial charge in [-0.05, 0) is 19.9 Å². The second kappa shape index (κ2) is 5.76. The summed E-state index contributed by atoms with van der Waals surface area (Å²) < 4.78 is 0. The Labute approximate surface area is 119 Å². The average molecular weight is 294 g/mol. The Kier molecular flexibility index (Phi) is 4.06. The van der Waals surface area contributed by atoms with Crippen LogP contribution in [0.5, 0.6) is 0 Å². The molecule has 8 nitrogen and oxygen atoms in total. The smallest absolute Gasteiger partial charge is 0.259 e. The third-order valence-corrected chi connectivity index (χ3v) is 2.85. The Balaban J connectivity index is 2.19. The van der Waals surface area contributed by atoms with Crippen molar-refractivity contribution >= 4 is 29.3 Å². The van der Waals surface area contributed by atoms with Crippen molar-refractivity contribution in [2.75, 3.05) is 10.7 Å². The molecule has 0 aromatic carbocycles. The summed E-state index contributed by atoms with van der Waals surface area (Å²) in [5, 5.41) is 10.4. The van der Waals surface area contributed by atoms with Gasteiger partial charge in [0.2, 0.25) is 5.95 Å². The van der Waals surface area contributed by atoms with E-state index in [1.165, 1.54) is 12.3 Å². The van der Waals surface area contributed by atoms with Gasteiger partial charge in [0, 0.05) is 6.20 Å². The predicted octanol–water partition coefficient (Wildman–Crippen LogP) is 1.07. The number of hydrogen-bond acceptors (Lipinski definition) is 7. The zero-order valence-electron chi connectivity index (χ0n) is 10.8. The molecule has 20 heavy (non-hydrogen) atoms. The standard InChI is InChI=1S/C11H12ClN7O/c1-5-6(2)18-19-11(15-5)16-10(20)7-3-8(12)9(17-13)14-4-7/h3-4H,13H2,1-2H3,(H,14,17)(H,15,16,19,20). The summed E-state index contributed by atoms with van der Waals surface area (Å²) >= 11 is 5.89. The number of nitrogens with zero attached hydrogens (tertiary/aromatic N) is 4. The molecule has 0 saturated carbocycles. The minimum absolute atomic E-state index is 0.121. The fourth-order valence-electron chi connectivity index (χ4n) is 1.35. The van der Waals surface area contributed by atoms with Crippen molar-refractivity contribution in [3.8, 4) is 0 Å². The van der Waals surface area contributed by atoms with E-state index < -0.39 is 5.91 Å². The minimum atomic E-state index is -0.437. The van der Waals surface area contributed by atoms with Crippen molar-refractivity contribution in [2.24, 2.45) is 5.84 Å². The summed E-state index contributed by atoms with van der Waals surface area (Å²) in [4.78, 5) is 20.0. The van der Waals surface area contributed by atoms with E-state index >= 15 is 0 Å². The van der Waals surface area contributed by atoms with Gasteiger partial charge in [-0.2, -0.15) is 5.10 Å². The van der Waals surface area contributed by atoms with Crippen LogP contribution in [-0.4, -0.2) is 26.1 Å². The Morgan fingerprint density at radius 2 is 2.05 bits per heavy atom. The van der Waals surface area contributed by atoms with Gasteiger partial charge in [-0.1, -0.05) is 11.6 Å². The van der Waals surface area contributed by atoms with Crippen molar-refractivity contribution in [1.29, 1.82) is 0 Å². The number of carbonyl (C=O) groups excluding carboxylic acids is 1. The van der Waals surface area contributed by atoms with Crippen molar-refractivity contribution in [2.45, 2.75) is 13.8 Å². The van der Waals surface area contributed by atoms with Crippen LogP contribution in [0.3, 0.4) is 0 Å². The van der Waals surface area contributed by atoms with Crippen LogP contribution >= 0.6 is 11.6 Å². The molecule has 0 aliphatic carbocycles. The van der Waals surface area contributed by atoms with E-state index in [4.69, 9.17) is 17.4 Å². The van der Waals surface area contributed by atoms with Gasteiger partial charge < -0.3 is 5.43 Å². The first-order valence-corrected chi connectivity index (χ1v) is 6.00. The highest BCUT2D eigenvalue weighted by atomic mass is 35.5. The number of anilines is 2. The van der Waals surface area contributed by atoms with E-state index in [2.05, 4.69) is 30.9 Å². The van der Waals surface area contributed by atoms with E-state index in [1.54, 1.807) is 13.8 Å². The molecule has 0 atom stereocenters. The Hall–Kier alpha value is -2.32. The molecule has 2 aromatic rings. The minimum Gasteiger partial charge on any atom is -0.307 e. The number of nitrogens with one attached hydrogen (secondary N) is 2. The lowest BCUT2D eigenvalue weighted by atomic mass is 10.2. The lowest BCUT2D eigenvalue weighted by Crippen LogP contribution is -2.16. The number of halogens is 1. The summed E-state index contributed by atoms with van der Waals surface area (Å²) in [7, 11) is 0. The van der Waals surface area contributed by atoms with Gasteiger partial charge in [0.1, 0.15) is 0 Å². The number of aromatic nitrogens is 4. The monoisotopic (exact) mass is 293 g/mol. The molecule has 0 unspecified atom stereocenters. The number of hydrogen-bond donors (Lipinski definition) is 3. The summed E-state index contributed by atoms with van der Waals surface area (Å²) in [6, 6.07) is 1.44. The molecule has 104 valence electrons. The van der Waals surface area contributed by atoms with E-state index in [0.29, 0.717) is 11.4 Å². The molecule has 2 heterocycles.